The number of rotatable bonds is 5. The van der Waals surface area contributed by atoms with Gasteiger partial charge in [-0.1, -0.05) is 29.3 Å². The highest BCUT2D eigenvalue weighted by atomic mass is 35.5. The lowest BCUT2D eigenvalue weighted by Gasteiger charge is -2.12. The molecule has 0 radical (unpaired) electrons. The molecule has 0 aliphatic carbocycles. The quantitative estimate of drug-likeness (QED) is 0.593. The van der Waals surface area contributed by atoms with E-state index in [1.165, 1.54) is 64.6 Å². The molecule has 12 heteroatoms. The van der Waals surface area contributed by atoms with Gasteiger partial charge >= 0.3 is 0 Å². The third-order valence-corrected chi connectivity index (χ3v) is 8.27. The van der Waals surface area contributed by atoms with Crippen molar-refractivity contribution in [1.29, 1.82) is 5.26 Å². The largest absolute Gasteiger partial charge is 0.298 e. The van der Waals surface area contributed by atoms with Crippen LogP contribution in [0, 0.1) is 11.3 Å². The summed E-state index contributed by atoms with van der Waals surface area (Å²) < 4.78 is 49.0. The summed E-state index contributed by atoms with van der Waals surface area (Å²) in [4.78, 5) is 10.4. The first-order valence-corrected chi connectivity index (χ1v) is 11.7. The summed E-state index contributed by atoms with van der Waals surface area (Å²) in [5, 5.41) is 8.70. The van der Waals surface area contributed by atoms with E-state index in [-0.39, 0.29) is 19.8 Å². The highest BCUT2D eigenvalue weighted by Gasteiger charge is 2.21. The Labute approximate surface area is 186 Å². The van der Waals surface area contributed by atoms with E-state index in [9.17, 15) is 21.6 Å². The fourth-order valence-corrected chi connectivity index (χ4v) is 4.80. The van der Waals surface area contributed by atoms with E-state index in [1.807, 2.05) is 6.07 Å². The first kappa shape index (κ1) is 26.0. The molecule has 2 rings (SSSR count). The highest BCUT2D eigenvalue weighted by molar-refractivity contribution is 7.89. The van der Waals surface area contributed by atoms with Crippen molar-refractivity contribution in [2.45, 2.75) is 9.79 Å². The molecule has 0 saturated heterocycles. The summed E-state index contributed by atoms with van der Waals surface area (Å²) in [6.45, 7) is 0. The maximum absolute atomic E-state index is 11.7. The zero-order chi connectivity index (χ0) is 23.3. The van der Waals surface area contributed by atoms with Crippen LogP contribution in [0.25, 0.3) is 0 Å². The first-order valence-electron chi connectivity index (χ1n) is 8.08. The minimum absolute atomic E-state index is 0.000216. The number of carbonyl (C=O) groups excluding carboxylic acids is 1. The second-order valence-corrected chi connectivity index (χ2v) is 11.2. The van der Waals surface area contributed by atoms with Gasteiger partial charge in [0.05, 0.1) is 21.7 Å². The Morgan fingerprint density at radius 1 is 0.833 bits per heavy atom. The zero-order valence-corrected chi connectivity index (χ0v) is 19.6. The molecule has 2 aromatic rings. The van der Waals surface area contributed by atoms with E-state index < -0.39 is 20.0 Å². The molecule has 2 aromatic carbocycles. The van der Waals surface area contributed by atoms with Gasteiger partial charge in [0, 0.05) is 33.8 Å². The van der Waals surface area contributed by atoms with Crippen molar-refractivity contribution in [2.24, 2.45) is 0 Å². The zero-order valence-electron chi connectivity index (χ0n) is 16.5. The first-order chi connectivity index (χ1) is 13.8. The monoisotopic (exact) mass is 491 g/mol. The van der Waals surface area contributed by atoms with E-state index in [4.69, 9.17) is 28.5 Å². The van der Waals surface area contributed by atoms with Crippen molar-refractivity contribution in [1.82, 2.24) is 8.61 Å². The number of carbonyl (C=O) groups is 1. The Bertz CT molecular complexity index is 1190. The predicted molar refractivity (Wildman–Crippen MR) is 115 cm³/mol. The van der Waals surface area contributed by atoms with Gasteiger partial charge < -0.3 is 0 Å². The Morgan fingerprint density at radius 2 is 1.27 bits per heavy atom. The summed E-state index contributed by atoms with van der Waals surface area (Å²) in [6, 6.07) is 10.0. The van der Waals surface area contributed by atoms with Crippen molar-refractivity contribution in [2.75, 3.05) is 28.2 Å². The maximum Gasteiger partial charge on any atom is 0.244 e. The molecule has 0 amide bonds. The SMILES string of the molecule is CN(C)S(=O)(=O)c1ccc(C#N)cc1Cl.CN(C)S(=O)(=O)c1ccc(C=O)cc1Cl. The number of hydrogen-bond acceptors (Lipinski definition) is 6. The minimum Gasteiger partial charge on any atom is -0.298 e. The number of sulfonamides is 2. The Hall–Kier alpha value is -2.00. The normalized spacial score (nSPS) is 11.6. The van der Waals surface area contributed by atoms with Crippen molar-refractivity contribution >= 4 is 49.5 Å². The van der Waals surface area contributed by atoms with E-state index in [2.05, 4.69) is 0 Å². The van der Waals surface area contributed by atoms with E-state index in [1.54, 1.807) is 0 Å². The van der Waals surface area contributed by atoms with Crippen LogP contribution < -0.4 is 0 Å². The average molecular weight is 492 g/mol. The van der Waals surface area contributed by atoms with Gasteiger partial charge in [-0.25, -0.2) is 25.4 Å². The van der Waals surface area contributed by atoms with E-state index >= 15 is 0 Å². The van der Waals surface area contributed by atoms with Crippen LogP contribution in [0.2, 0.25) is 10.0 Å². The number of nitriles is 1. The second kappa shape index (κ2) is 10.3. The molecule has 0 heterocycles. The van der Waals surface area contributed by atoms with Crippen LogP contribution >= 0.6 is 23.2 Å². The Balaban J connectivity index is 0.000000300. The number of benzene rings is 2. The molecule has 0 aliphatic rings. The fourth-order valence-electron chi connectivity index (χ4n) is 1.97. The van der Waals surface area contributed by atoms with Crippen molar-refractivity contribution in [3.05, 3.63) is 57.6 Å². The third kappa shape index (κ3) is 6.01. The fraction of sp³-hybridized carbons (Fsp3) is 0.222. The molecule has 0 N–H and O–H groups in total. The second-order valence-electron chi connectivity index (χ2n) is 6.14. The van der Waals surface area contributed by atoms with Crippen LogP contribution in [0.15, 0.2) is 46.2 Å². The van der Waals surface area contributed by atoms with E-state index in [0.717, 1.165) is 8.61 Å². The molecule has 162 valence electrons. The maximum atomic E-state index is 11.7. The Kier molecular flexibility index (Phi) is 8.98. The molecule has 0 unspecified atom stereocenters. The van der Waals surface area contributed by atoms with E-state index in [0.29, 0.717) is 17.4 Å². The van der Waals surface area contributed by atoms with Crippen LogP contribution in [-0.4, -0.2) is 59.9 Å². The van der Waals surface area contributed by atoms with Crippen LogP contribution in [-0.2, 0) is 20.0 Å². The van der Waals surface area contributed by atoms with Gasteiger partial charge in [0.15, 0.2) is 0 Å². The smallest absolute Gasteiger partial charge is 0.244 e. The number of halogens is 2. The lowest BCUT2D eigenvalue weighted by molar-refractivity contribution is 0.112. The highest BCUT2D eigenvalue weighted by Crippen LogP contribution is 2.25. The number of hydrogen-bond donors (Lipinski definition) is 0. The molecule has 0 spiro atoms. The Morgan fingerprint density at radius 3 is 1.60 bits per heavy atom. The van der Waals surface area contributed by atoms with Crippen LogP contribution in [0.1, 0.15) is 15.9 Å². The molecule has 8 nitrogen and oxygen atoms in total. The lowest BCUT2D eigenvalue weighted by Crippen LogP contribution is -2.22. The van der Waals surface area contributed by atoms with Crippen LogP contribution in [0.5, 0.6) is 0 Å². The summed E-state index contributed by atoms with van der Waals surface area (Å²) in [6.07, 6.45) is 0.609. The molecule has 0 aromatic heterocycles. The minimum atomic E-state index is -3.55. The van der Waals surface area contributed by atoms with Crippen molar-refractivity contribution < 1.29 is 21.6 Å². The van der Waals surface area contributed by atoms with Gasteiger partial charge in [0.1, 0.15) is 16.1 Å². The van der Waals surface area contributed by atoms with Gasteiger partial charge in [0.2, 0.25) is 20.0 Å². The number of nitrogens with zero attached hydrogens (tertiary/aromatic N) is 3. The van der Waals surface area contributed by atoms with Gasteiger partial charge in [-0.05, 0) is 30.3 Å². The van der Waals surface area contributed by atoms with Gasteiger partial charge in [-0.3, -0.25) is 4.79 Å². The van der Waals surface area contributed by atoms with Gasteiger partial charge in [-0.15, -0.1) is 0 Å². The van der Waals surface area contributed by atoms with Gasteiger partial charge in [-0.2, -0.15) is 5.26 Å². The molecule has 0 atom stereocenters. The van der Waals surface area contributed by atoms with Crippen LogP contribution in [0.4, 0.5) is 0 Å². The molecular weight excluding hydrogens is 473 g/mol. The molecule has 30 heavy (non-hydrogen) atoms. The predicted octanol–water partition coefficient (Wildman–Crippen LogP) is 2.86. The summed E-state index contributed by atoms with van der Waals surface area (Å²) in [7, 11) is -1.41. The van der Waals surface area contributed by atoms with Gasteiger partial charge in [0.25, 0.3) is 0 Å². The molecule has 0 aliphatic heterocycles. The average Bonchev–Trinajstić information content (AvgIpc) is 2.67. The number of aldehydes is 1. The lowest BCUT2D eigenvalue weighted by atomic mass is 10.2. The standard InChI is InChI=1S/C9H9ClN2O2S.C9H10ClNO3S/c1-12(2)15(13,14)9-4-3-7(6-11)5-8(9)10;1-11(2)15(13,14)9-4-3-7(6-12)5-8(9)10/h3-5H,1-2H3;3-6H,1-2H3. The summed E-state index contributed by atoms with van der Waals surface area (Å²) in [5.41, 5.74) is 0.676. The molecule has 0 bridgehead atoms. The third-order valence-electron chi connectivity index (χ3n) is 3.67. The summed E-state index contributed by atoms with van der Waals surface area (Å²) >= 11 is 11.6. The summed E-state index contributed by atoms with van der Waals surface area (Å²) in [5.74, 6) is 0. The van der Waals surface area contributed by atoms with Crippen LogP contribution in [0.3, 0.4) is 0 Å². The molecule has 0 fully saturated rings. The topological polar surface area (TPSA) is 116 Å². The van der Waals surface area contributed by atoms with Crippen molar-refractivity contribution in [3.63, 3.8) is 0 Å². The molecular formula is C18H19Cl2N3O5S2. The molecule has 0 saturated carbocycles. The van der Waals surface area contributed by atoms with Crippen molar-refractivity contribution in [3.8, 4) is 6.07 Å².